The first-order valence-corrected chi connectivity index (χ1v) is 10.9. The molecule has 1 N–H and O–H groups in total. The van der Waals surface area contributed by atoms with Crippen LogP contribution in [0.1, 0.15) is 17.5 Å². The molecule has 1 aliphatic heterocycles. The molecule has 1 heterocycles. The summed E-state index contributed by atoms with van der Waals surface area (Å²) in [6, 6.07) is 12.9. The SMILES string of the molecule is Cc1ccc(NC(=O)/C=C/c2ccc(N3CCCS3(=O)=O)cc2)cc1I. The Bertz CT molecular complexity index is 953. The summed E-state index contributed by atoms with van der Waals surface area (Å²) in [5.74, 6) is -0.0110. The highest BCUT2D eigenvalue weighted by atomic mass is 127. The first kappa shape index (κ1) is 18.9. The molecule has 5 nitrogen and oxygen atoms in total. The summed E-state index contributed by atoms with van der Waals surface area (Å²) in [6.45, 7) is 2.54. The lowest BCUT2D eigenvalue weighted by Gasteiger charge is -2.16. The number of nitrogens with one attached hydrogen (secondary N) is 1. The van der Waals surface area contributed by atoms with E-state index in [0.717, 1.165) is 14.8 Å². The van der Waals surface area contributed by atoms with Crippen LogP contribution in [0.2, 0.25) is 0 Å². The predicted molar refractivity (Wildman–Crippen MR) is 114 cm³/mol. The first-order chi connectivity index (χ1) is 12.3. The summed E-state index contributed by atoms with van der Waals surface area (Å²) in [6.07, 6.45) is 3.83. The summed E-state index contributed by atoms with van der Waals surface area (Å²) in [4.78, 5) is 12.1. The van der Waals surface area contributed by atoms with Gasteiger partial charge >= 0.3 is 0 Å². The van der Waals surface area contributed by atoms with Gasteiger partial charge in [0.1, 0.15) is 0 Å². The van der Waals surface area contributed by atoms with Crippen LogP contribution in [0.4, 0.5) is 11.4 Å². The lowest BCUT2D eigenvalue weighted by Crippen LogP contribution is -2.24. The van der Waals surface area contributed by atoms with Gasteiger partial charge in [0.25, 0.3) is 0 Å². The third kappa shape index (κ3) is 4.45. The number of anilines is 2. The minimum Gasteiger partial charge on any atom is -0.322 e. The standard InChI is InChI=1S/C19H19IN2O3S/c1-14-3-7-16(13-18(14)20)21-19(23)10-6-15-4-8-17(9-5-15)22-11-2-12-26(22,24)25/h3-10,13H,2,11-12H2,1H3,(H,21,23)/b10-6+. The third-order valence-electron chi connectivity index (χ3n) is 4.15. The lowest BCUT2D eigenvalue weighted by molar-refractivity contribution is -0.111. The second-order valence-electron chi connectivity index (χ2n) is 6.12. The van der Waals surface area contributed by atoms with Crippen LogP contribution in [0.25, 0.3) is 6.08 Å². The molecule has 1 amide bonds. The second kappa shape index (κ2) is 7.79. The molecule has 0 bridgehead atoms. The maximum absolute atomic E-state index is 12.1. The number of hydrogen-bond donors (Lipinski definition) is 1. The Kier molecular flexibility index (Phi) is 5.67. The Labute approximate surface area is 167 Å². The number of nitrogens with zero attached hydrogens (tertiary/aromatic N) is 1. The van der Waals surface area contributed by atoms with E-state index in [1.165, 1.54) is 15.9 Å². The van der Waals surface area contributed by atoms with Gasteiger partial charge in [0.15, 0.2) is 0 Å². The van der Waals surface area contributed by atoms with Gasteiger partial charge in [-0.25, -0.2) is 8.42 Å². The van der Waals surface area contributed by atoms with Crippen molar-refractivity contribution in [3.63, 3.8) is 0 Å². The zero-order valence-corrected chi connectivity index (χ0v) is 17.2. The van der Waals surface area contributed by atoms with Gasteiger partial charge in [0.2, 0.25) is 15.9 Å². The van der Waals surface area contributed by atoms with Crippen LogP contribution in [-0.4, -0.2) is 26.6 Å². The van der Waals surface area contributed by atoms with E-state index in [4.69, 9.17) is 0 Å². The fraction of sp³-hybridized carbons (Fsp3) is 0.211. The predicted octanol–water partition coefficient (Wildman–Crippen LogP) is 3.79. The number of aryl methyl sites for hydroxylation is 1. The Hall–Kier alpha value is -1.87. The van der Waals surface area contributed by atoms with Gasteiger partial charge in [-0.2, -0.15) is 0 Å². The van der Waals surface area contributed by atoms with Crippen molar-refractivity contribution < 1.29 is 13.2 Å². The Morgan fingerprint density at radius 2 is 1.92 bits per heavy atom. The summed E-state index contributed by atoms with van der Waals surface area (Å²) in [5, 5.41) is 2.83. The number of benzene rings is 2. The molecule has 0 aromatic heterocycles. The number of hydrogen-bond acceptors (Lipinski definition) is 3. The number of halogens is 1. The van der Waals surface area contributed by atoms with Crippen LogP contribution < -0.4 is 9.62 Å². The van der Waals surface area contributed by atoms with Gasteiger partial charge in [-0.15, -0.1) is 0 Å². The molecule has 2 aromatic carbocycles. The van der Waals surface area contributed by atoms with Crippen molar-refractivity contribution in [2.24, 2.45) is 0 Å². The largest absolute Gasteiger partial charge is 0.322 e. The van der Waals surface area contributed by atoms with E-state index in [9.17, 15) is 13.2 Å². The molecule has 2 aromatic rings. The molecule has 1 saturated heterocycles. The molecule has 1 aliphatic rings. The van der Waals surface area contributed by atoms with E-state index in [2.05, 4.69) is 27.9 Å². The quantitative estimate of drug-likeness (QED) is 0.533. The Balaban J connectivity index is 1.64. The average Bonchev–Trinajstić information content (AvgIpc) is 2.96. The molecule has 0 unspecified atom stereocenters. The minimum atomic E-state index is -3.17. The minimum absolute atomic E-state index is 0.201. The summed E-state index contributed by atoms with van der Waals surface area (Å²) >= 11 is 2.23. The van der Waals surface area contributed by atoms with Crippen molar-refractivity contribution in [2.45, 2.75) is 13.3 Å². The van der Waals surface area contributed by atoms with Crippen molar-refractivity contribution >= 4 is 56.0 Å². The number of amides is 1. The van der Waals surface area contributed by atoms with Gasteiger partial charge in [-0.05, 0) is 77.4 Å². The number of carbonyl (C=O) groups excluding carboxylic acids is 1. The number of rotatable bonds is 4. The molecule has 26 heavy (non-hydrogen) atoms. The van der Waals surface area contributed by atoms with Gasteiger partial charge in [0, 0.05) is 21.9 Å². The van der Waals surface area contributed by atoms with Crippen molar-refractivity contribution in [2.75, 3.05) is 21.9 Å². The highest BCUT2D eigenvalue weighted by Crippen LogP contribution is 2.24. The monoisotopic (exact) mass is 482 g/mol. The third-order valence-corrected chi connectivity index (χ3v) is 7.18. The smallest absolute Gasteiger partial charge is 0.248 e. The summed E-state index contributed by atoms with van der Waals surface area (Å²) < 4.78 is 26.4. The Morgan fingerprint density at radius 1 is 1.19 bits per heavy atom. The maximum Gasteiger partial charge on any atom is 0.248 e. The van der Waals surface area contributed by atoms with Crippen LogP contribution in [0.3, 0.4) is 0 Å². The van der Waals surface area contributed by atoms with Gasteiger partial charge in [-0.3, -0.25) is 9.10 Å². The van der Waals surface area contributed by atoms with Crippen LogP contribution in [0.15, 0.2) is 48.5 Å². The van der Waals surface area contributed by atoms with Gasteiger partial charge < -0.3 is 5.32 Å². The normalized spacial score (nSPS) is 16.2. The number of carbonyl (C=O) groups is 1. The summed E-state index contributed by atoms with van der Waals surface area (Å²) in [5.41, 5.74) is 3.42. The Morgan fingerprint density at radius 3 is 2.54 bits per heavy atom. The second-order valence-corrected chi connectivity index (χ2v) is 9.29. The van der Waals surface area contributed by atoms with E-state index in [0.29, 0.717) is 18.7 Å². The molecular formula is C19H19IN2O3S. The van der Waals surface area contributed by atoms with Gasteiger partial charge in [0.05, 0.1) is 11.4 Å². The molecule has 0 radical (unpaired) electrons. The molecule has 7 heteroatoms. The molecule has 0 saturated carbocycles. The molecule has 0 aliphatic carbocycles. The van der Waals surface area contributed by atoms with Crippen LogP contribution in [-0.2, 0) is 14.8 Å². The van der Waals surface area contributed by atoms with Crippen molar-refractivity contribution in [3.05, 3.63) is 63.2 Å². The average molecular weight is 482 g/mol. The van der Waals surface area contributed by atoms with Crippen molar-refractivity contribution in [1.82, 2.24) is 0 Å². The van der Waals surface area contributed by atoms with Crippen LogP contribution in [0, 0.1) is 10.5 Å². The highest BCUT2D eigenvalue weighted by Gasteiger charge is 2.28. The molecule has 3 rings (SSSR count). The highest BCUT2D eigenvalue weighted by molar-refractivity contribution is 14.1. The molecule has 1 fully saturated rings. The summed E-state index contributed by atoms with van der Waals surface area (Å²) in [7, 11) is -3.17. The fourth-order valence-corrected chi connectivity index (χ4v) is 4.79. The molecule has 0 spiro atoms. The maximum atomic E-state index is 12.1. The zero-order chi connectivity index (χ0) is 18.7. The number of sulfonamides is 1. The lowest BCUT2D eigenvalue weighted by atomic mass is 10.2. The van der Waals surface area contributed by atoms with Crippen molar-refractivity contribution in [3.8, 4) is 0 Å². The molecular weight excluding hydrogens is 463 g/mol. The van der Waals surface area contributed by atoms with E-state index >= 15 is 0 Å². The first-order valence-electron chi connectivity index (χ1n) is 8.21. The molecule has 136 valence electrons. The van der Waals surface area contributed by atoms with Gasteiger partial charge in [-0.1, -0.05) is 18.2 Å². The topological polar surface area (TPSA) is 66.5 Å². The van der Waals surface area contributed by atoms with E-state index in [1.54, 1.807) is 18.2 Å². The van der Waals surface area contributed by atoms with Crippen LogP contribution in [0.5, 0.6) is 0 Å². The van der Waals surface area contributed by atoms with E-state index < -0.39 is 10.0 Å². The fourth-order valence-electron chi connectivity index (χ4n) is 2.71. The molecule has 0 atom stereocenters. The van der Waals surface area contributed by atoms with Crippen molar-refractivity contribution in [1.29, 1.82) is 0 Å². The van der Waals surface area contributed by atoms with E-state index in [1.807, 2.05) is 37.3 Å². The zero-order valence-electron chi connectivity index (χ0n) is 14.3. The van der Waals surface area contributed by atoms with E-state index in [-0.39, 0.29) is 11.7 Å². The van der Waals surface area contributed by atoms with Crippen LogP contribution >= 0.6 is 22.6 Å².